The maximum Gasteiger partial charge on any atom is 0.251 e. The van der Waals surface area contributed by atoms with Crippen molar-refractivity contribution in [2.75, 3.05) is 6.54 Å². The van der Waals surface area contributed by atoms with Gasteiger partial charge in [0.15, 0.2) is 11.6 Å². The molecule has 4 heteroatoms. The molecule has 0 spiro atoms. The lowest BCUT2D eigenvalue weighted by molar-refractivity contribution is 0.0945. The average Bonchev–Trinajstić information content (AvgIpc) is 2.09. The molecule has 0 bridgehead atoms. The number of nitrogens with one attached hydrogen (secondary N) is 1. The van der Waals surface area contributed by atoms with Gasteiger partial charge in [0.2, 0.25) is 0 Å². The van der Waals surface area contributed by atoms with Crippen molar-refractivity contribution in [1.29, 1.82) is 0 Å². The van der Waals surface area contributed by atoms with Gasteiger partial charge in [-0.05, 0) is 24.1 Å². The molecule has 0 saturated carbocycles. The largest absolute Gasteiger partial charge is 0.352 e. The molecule has 68 valence electrons. The van der Waals surface area contributed by atoms with Crippen molar-refractivity contribution < 1.29 is 13.6 Å². The van der Waals surface area contributed by atoms with Gasteiger partial charge in [-0.3, -0.25) is 4.79 Å². The molecule has 0 fully saturated rings. The minimum absolute atomic E-state index is 0.241. The smallest absolute Gasteiger partial charge is 0.251 e. The second kappa shape index (κ2) is 2.80. The van der Waals surface area contributed by atoms with E-state index >= 15 is 0 Å². The summed E-state index contributed by atoms with van der Waals surface area (Å²) in [4.78, 5) is 11.1. The van der Waals surface area contributed by atoms with Gasteiger partial charge in [-0.2, -0.15) is 0 Å². The lowest BCUT2D eigenvalue weighted by Gasteiger charge is -2.15. The fraction of sp³-hybridized carbons (Fsp3) is 0.222. The Morgan fingerprint density at radius 2 is 1.92 bits per heavy atom. The second-order valence-electron chi connectivity index (χ2n) is 2.93. The van der Waals surface area contributed by atoms with Crippen LogP contribution < -0.4 is 5.32 Å². The molecule has 0 aromatic heterocycles. The van der Waals surface area contributed by atoms with Crippen LogP contribution in [0, 0.1) is 11.6 Å². The van der Waals surface area contributed by atoms with Gasteiger partial charge >= 0.3 is 0 Å². The number of hydrogen-bond donors (Lipinski definition) is 1. The third-order valence-electron chi connectivity index (χ3n) is 2.07. The summed E-state index contributed by atoms with van der Waals surface area (Å²) in [5.41, 5.74) is 0.813. The molecular formula is C9H7F2NO. The van der Waals surface area contributed by atoms with Crippen LogP contribution in [0.2, 0.25) is 0 Å². The quantitative estimate of drug-likeness (QED) is 0.644. The van der Waals surface area contributed by atoms with Gasteiger partial charge in [-0.25, -0.2) is 8.78 Å². The molecule has 1 heterocycles. The fourth-order valence-electron chi connectivity index (χ4n) is 1.41. The minimum Gasteiger partial charge on any atom is -0.352 e. The fourth-order valence-corrected chi connectivity index (χ4v) is 1.41. The number of carbonyl (C=O) groups excluding carboxylic acids is 1. The minimum atomic E-state index is -0.976. The van der Waals surface area contributed by atoms with Gasteiger partial charge in [0.1, 0.15) is 0 Å². The van der Waals surface area contributed by atoms with Gasteiger partial charge in [-0.15, -0.1) is 0 Å². The zero-order valence-corrected chi connectivity index (χ0v) is 6.73. The van der Waals surface area contributed by atoms with Crippen molar-refractivity contribution in [1.82, 2.24) is 5.32 Å². The number of halogens is 2. The van der Waals surface area contributed by atoms with Crippen LogP contribution >= 0.6 is 0 Å². The van der Waals surface area contributed by atoms with Crippen molar-refractivity contribution in [3.63, 3.8) is 0 Å². The Hall–Kier alpha value is -1.45. The Balaban J connectivity index is 2.58. The third-order valence-corrected chi connectivity index (χ3v) is 2.07. The van der Waals surface area contributed by atoms with Crippen LogP contribution in [-0.4, -0.2) is 12.5 Å². The molecule has 1 N–H and O–H groups in total. The molecular weight excluding hydrogens is 176 g/mol. The van der Waals surface area contributed by atoms with Crippen LogP contribution in [0.1, 0.15) is 15.9 Å². The van der Waals surface area contributed by atoms with Crippen LogP contribution in [0.5, 0.6) is 0 Å². The molecule has 2 nitrogen and oxygen atoms in total. The molecule has 0 unspecified atom stereocenters. The molecule has 0 atom stereocenters. The standard InChI is InChI=1S/C9H7F2NO/c10-7-3-5-1-2-12-9(13)6(5)4-8(7)11/h3-4H,1-2H2,(H,12,13). The van der Waals surface area contributed by atoms with E-state index < -0.39 is 11.6 Å². The Morgan fingerprint density at radius 1 is 1.23 bits per heavy atom. The number of benzene rings is 1. The first-order valence-electron chi connectivity index (χ1n) is 3.94. The normalized spacial score (nSPS) is 15.1. The number of rotatable bonds is 0. The van der Waals surface area contributed by atoms with Crippen LogP contribution in [0.25, 0.3) is 0 Å². The van der Waals surface area contributed by atoms with E-state index in [1.165, 1.54) is 0 Å². The van der Waals surface area contributed by atoms with E-state index in [4.69, 9.17) is 0 Å². The van der Waals surface area contributed by atoms with Crippen molar-refractivity contribution in [3.8, 4) is 0 Å². The number of carbonyl (C=O) groups is 1. The van der Waals surface area contributed by atoms with E-state index in [0.29, 0.717) is 18.5 Å². The van der Waals surface area contributed by atoms with Gasteiger partial charge in [0.05, 0.1) is 0 Å². The predicted octanol–water partition coefficient (Wildman–Crippen LogP) is 1.25. The summed E-state index contributed by atoms with van der Waals surface area (Å²) in [6.07, 6.45) is 0.554. The van der Waals surface area contributed by atoms with E-state index in [1.54, 1.807) is 0 Å². The van der Waals surface area contributed by atoms with Crippen molar-refractivity contribution >= 4 is 5.91 Å². The summed E-state index contributed by atoms with van der Waals surface area (Å²) in [5.74, 6) is -2.20. The summed E-state index contributed by atoms with van der Waals surface area (Å²) >= 11 is 0. The monoisotopic (exact) mass is 183 g/mol. The topological polar surface area (TPSA) is 29.1 Å². The van der Waals surface area contributed by atoms with E-state index in [2.05, 4.69) is 5.32 Å². The summed E-state index contributed by atoms with van der Waals surface area (Å²) in [6, 6.07) is 2.03. The summed E-state index contributed by atoms with van der Waals surface area (Å²) in [7, 11) is 0. The molecule has 1 aliphatic rings. The Labute approximate surface area is 73.6 Å². The SMILES string of the molecule is O=C1NCCc2cc(F)c(F)cc21. The second-order valence-corrected chi connectivity index (χ2v) is 2.93. The van der Waals surface area contributed by atoms with Crippen molar-refractivity contribution in [3.05, 3.63) is 34.9 Å². The summed E-state index contributed by atoms with van der Waals surface area (Å²) in [5, 5.41) is 2.56. The van der Waals surface area contributed by atoms with E-state index in [9.17, 15) is 13.6 Å². The molecule has 0 saturated heterocycles. The Kier molecular flexibility index (Phi) is 1.76. The third kappa shape index (κ3) is 1.28. The van der Waals surface area contributed by atoms with Crippen LogP contribution in [0.4, 0.5) is 8.78 Å². The number of amides is 1. The predicted molar refractivity (Wildman–Crippen MR) is 42.4 cm³/mol. The first-order chi connectivity index (χ1) is 6.18. The Bertz CT molecular complexity index is 376. The van der Waals surface area contributed by atoms with Crippen molar-refractivity contribution in [2.24, 2.45) is 0 Å². The van der Waals surface area contributed by atoms with Crippen LogP contribution in [-0.2, 0) is 6.42 Å². The van der Waals surface area contributed by atoms with E-state index in [1.807, 2.05) is 0 Å². The molecule has 13 heavy (non-hydrogen) atoms. The molecule has 1 amide bonds. The van der Waals surface area contributed by atoms with Gasteiger partial charge < -0.3 is 5.32 Å². The molecule has 0 aliphatic carbocycles. The zero-order chi connectivity index (χ0) is 9.42. The molecule has 1 aromatic carbocycles. The average molecular weight is 183 g/mol. The number of fused-ring (bicyclic) bond motifs is 1. The highest BCUT2D eigenvalue weighted by molar-refractivity contribution is 5.96. The van der Waals surface area contributed by atoms with Gasteiger partial charge in [0.25, 0.3) is 5.91 Å². The van der Waals surface area contributed by atoms with Crippen LogP contribution in [0.15, 0.2) is 12.1 Å². The molecule has 2 rings (SSSR count). The molecule has 1 aromatic rings. The van der Waals surface area contributed by atoms with E-state index in [0.717, 1.165) is 12.1 Å². The van der Waals surface area contributed by atoms with E-state index in [-0.39, 0.29) is 11.5 Å². The lowest BCUT2D eigenvalue weighted by atomic mass is 10.0. The Morgan fingerprint density at radius 3 is 2.69 bits per heavy atom. The molecule has 0 radical (unpaired) electrons. The maximum absolute atomic E-state index is 12.7. The van der Waals surface area contributed by atoms with Gasteiger partial charge in [0, 0.05) is 12.1 Å². The summed E-state index contributed by atoms with van der Waals surface area (Å²) < 4.78 is 25.5. The highest BCUT2D eigenvalue weighted by Crippen LogP contribution is 2.17. The maximum atomic E-state index is 12.7. The first-order valence-corrected chi connectivity index (χ1v) is 3.94. The summed E-state index contributed by atoms with van der Waals surface area (Å²) in [6.45, 7) is 0.483. The molecule has 1 aliphatic heterocycles. The van der Waals surface area contributed by atoms with Gasteiger partial charge in [-0.1, -0.05) is 0 Å². The first kappa shape index (κ1) is 8.16. The highest BCUT2D eigenvalue weighted by Gasteiger charge is 2.19. The highest BCUT2D eigenvalue weighted by atomic mass is 19.2. The van der Waals surface area contributed by atoms with Crippen LogP contribution in [0.3, 0.4) is 0 Å². The number of hydrogen-bond acceptors (Lipinski definition) is 1. The lowest BCUT2D eigenvalue weighted by Crippen LogP contribution is -2.32. The van der Waals surface area contributed by atoms with Crippen molar-refractivity contribution in [2.45, 2.75) is 6.42 Å². The zero-order valence-electron chi connectivity index (χ0n) is 6.73.